The summed E-state index contributed by atoms with van der Waals surface area (Å²) in [7, 11) is 0. The van der Waals surface area contributed by atoms with Crippen LogP contribution in [0.4, 0.5) is 0 Å². The summed E-state index contributed by atoms with van der Waals surface area (Å²) in [5.74, 6) is -1.81. The van der Waals surface area contributed by atoms with Gasteiger partial charge < -0.3 is 70.5 Å². The van der Waals surface area contributed by atoms with E-state index in [4.69, 9.17) is 10.2 Å². The van der Waals surface area contributed by atoms with Crippen LogP contribution in [-0.2, 0) is 34.8 Å². The van der Waals surface area contributed by atoms with E-state index in [1.165, 1.54) is 0 Å². The zero-order valence-electron chi connectivity index (χ0n) is 14.3. The maximum absolute atomic E-state index is 10.5. The van der Waals surface area contributed by atoms with Gasteiger partial charge in [0.2, 0.25) is 0 Å². The Labute approximate surface area is 209 Å². The minimum atomic E-state index is -0.904. The summed E-state index contributed by atoms with van der Waals surface area (Å²) >= 11 is 18.2. The maximum atomic E-state index is 10.5. The van der Waals surface area contributed by atoms with Crippen molar-refractivity contribution in [1.29, 1.82) is 0 Å². The molecule has 0 saturated carbocycles. The molecule has 0 spiro atoms. The van der Waals surface area contributed by atoms with Crippen LogP contribution in [-0.4, -0.2) is 42.9 Å². The quantitative estimate of drug-likeness (QED) is 0.171. The smallest absolute Gasteiger partial charge is 0.480 e. The summed E-state index contributed by atoms with van der Waals surface area (Å²) < 4.78 is 0.233. The molecule has 0 amide bonds. The van der Waals surface area contributed by atoms with Gasteiger partial charge in [0, 0.05) is 0 Å². The van der Waals surface area contributed by atoms with Crippen molar-refractivity contribution in [2.24, 2.45) is 0 Å². The number of hydrogen-bond acceptors (Lipinski definition) is 6. The van der Waals surface area contributed by atoms with Crippen LogP contribution in [0.2, 0.25) is 0 Å². The van der Waals surface area contributed by atoms with E-state index in [0.29, 0.717) is 12.8 Å². The van der Waals surface area contributed by atoms with E-state index in [1.807, 2.05) is 13.8 Å². The van der Waals surface area contributed by atoms with Gasteiger partial charge in [0.05, 0.1) is 0 Å². The molecule has 2 unspecified atom stereocenters. The molecule has 0 bridgehead atoms. The van der Waals surface area contributed by atoms with Crippen LogP contribution in [0.15, 0.2) is 0 Å². The minimum absolute atomic E-state index is 0. The second kappa shape index (κ2) is 20.5. The number of nitrogens with one attached hydrogen (secondary N) is 2. The number of thiocarbonyl (C=S) groups is 2. The van der Waals surface area contributed by atoms with Gasteiger partial charge in [0.1, 0.15) is 12.1 Å². The molecular weight excluding hydrogens is 410 g/mol. The van der Waals surface area contributed by atoms with Crippen molar-refractivity contribution in [2.75, 3.05) is 0 Å². The van der Waals surface area contributed by atoms with Gasteiger partial charge in [-0.15, -0.1) is 0 Å². The first kappa shape index (κ1) is 32.8. The van der Waals surface area contributed by atoms with Gasteiger partial charge in [-0.2, -0.15) is 0 Å². The molecule has 0 aromatic carbocycles. The molecule has 12 heteroatoms. The van der Waals surface area contributed by atoms with Gasteiger partial charge in [0.25, 0.3) is 0 Å². The molecule has 6 nitrogen and oxygen atoms in total. The number of carboxylic acids is 2. The largest absolute Gasteiger partial charge is 1.00 e. The number of hydrogen-bond donors (Lipinski definition) is 4. The van der Waals surface area contributed by atoms with Crippen molar-refractivity contribution in [3.63, 3.8) is 0 Å². The summed E-state index contributed by atoms with van der Waals surface area (Å²) in [6.07, 6.45) is 2.68. The normalized spacial score (nSPS) is 11.1. The molecule has 0 fully saturated rings. The predicted molar refractivity (Wildman–Crippen MR) is 98.9 cm³/mol. The average Bonchev–Trinajstić information content (AvgIpc) is 2.37. The molecule has 0 heterocycles. The van der Waals surface area contributed by atoms with Crippen molar-refractivity contribution in [1.82, 2.24) is 10.6 Å². The SMILES string of the molecule is CCCC(NC(=S)[S-])C(=O)O.CCCC(NC(=S)[S-])C(=O)O.[Na+].[Na+]. The Morgan fingerprint density at radius 2 is 1.12 bits per heavy atom. The van der Waals surface area contributed by atoms with Crippen LogP contribution in [0.25, 0.3) is 0 Å². The molecule has 0 radical (unpaired) electrons. The van der Waals surface area contributed by atoms with Crippen molar-refractivity contribution in [3.8, 4) is 0 Å². The first-order valence-electron chi connectivity index (χ1n) is 6.56. The number of carbonyl (C=O) groups is 2. The van der Waals surface area contributed by atoms with Crippen LogP contribution < -0.4 is 69.7 Å². The van der Waals surface area contributed by atoms with Crippen molar-refractivity contribution in [3.05, 3.63) is 0 Å². The molecule has 0 aromatic rings. The Kier molecular flexibility index (Phi) is 28.0. The third-order valence-corrected chi connectivity index (χ3v) is 2.81. The summed E-state index contributed by atoms with van der Waals surface area (Å²) in [4.78, 5) is 20.9. The Morgan fingerprint density at radius 1 is 0.875 bits per heavy atom. The third-order valence-electron chi connectivity index (χ3n) is 2.34. The Bertz CT molecular complexity index is 367. The van der Waals surface area contributed by atoms with E-state index in [0.717, 1.165) is 12.8 Å². The Morgan fingerprint density at radius 3 is 1.25 bits per heavy atom. The third kappa shape index (κ3) is 21.2. The van der Waals surface area contributed by atoms with Crippen LogP contribution in [0.3, 0.4) is 0 Å². The number of aliphatic carboxylic acids is 2. The minimum Gasteiger partial charge on any atom is -0.480 e. The van der Waals surface area contributed by atoms with Gasteiger partial charge >= 0.3 is 71.1 Å². The summed E-state index contributed by atoms with van der Waals surface area (Å²) in [5.41, 5.74) is 0. The molecular formula is C12H20N2Na2O4S4. The van der Waals surface area contributed by atoms with Gasteiger partial charge in [0.15, 0.2) is 0 Å². The van der Waals surface area contributed by atoms with Crippen LogP contribution >= 0.6 is 24.4 Å². The second-order valence-corrected chi connectivity index (χ2v) is 6.37. The average molecular weight is 431 g/mol. The van der Waals surface area contributed by atoms with Gasteiger partial charge in [-0.25, -0.2) is 9.59 Å². The fraction of sp³-hybridized carbons (Fsp3) is 0.667. The molecule has 0 aliphatic heterocycles. The topological polar surface area (TPSA) is 98.7 Å². The molecule has 0 saturated heterocycles. The van der Waals surface area contributed by atoms with Crippen molar-refractivity contribution in [2.45, 2.75) is 51.6 Å². The van der Waals surface area contributed by atoms with E-state index < -0.39 is 24.0 Å². The molecule has 0 rings (SSSR count). The van der Waals surface area contributed by atoms with Gasteiger partial charge in [-0.1, -0.05) is 35.3 Å². The van der Waals surface area contributed by atoms with Gasteiger partial charge in [-0.3, -0.25) is 0 Å². The zero-order chi connectivity index (χ0) is 17.7. The molecule has 4 N–H and O–H groups in total. The fourth-order valence-corrected chi connectivity index (χ4v) is 1.95. The van der Waals surface area contributed by atoms with Gasteiger partial charge in [-0.05, 0) is 12.8 Å². The summed E-state index contributed by atoms with van der Waals surface area (Å²) in [6, 6.07) is -1.24. The number of rotatable bonds is 8. The number of carboxylic acid groups (broad SMARTS) is 2. The first-order valence-corrected chi connectivity index (χ1v) is 8.19. The summed E-state index contributed by atoms with van der Waals surface area (Å²) in [5, 5.41) is 22.2. The molecule has 0 aliphatic rings. The van der Waals surface area contributed by atoms with Crippen LogP contribution in [0, 0.1) is 0 Å². The second-order valence-electron chi connectivity index (χ2n) is 4.22. The molecule has 0 aliphatic carbocycles. The fourth-order valence-electron chi connectivity index (χ4n) is 1.38. The molecule has 2 atom stereocenters. The van der Waals surface area contributed by atoms with Crippen molar-refractivity contribution >= 4 is 70.3 Å². The Balaban J connectivity index is -0.000000154. The Hall–Kier alpha value is 1.16. The standard InChI is InChI=1S/2C6H11NO2S2.2Na/c2*1-2-3-4(5(8)9)7-6(10)11;;/h2*4H,2-3H2,1H3,(H,8,9)(H2,7,10,11);;/q;;2*+1/p-2. The molecule has 0 aromatic heterocycles. The molecule has 128 valence electrons. The van der Waals surface area contributed by atoms with Crippen LogP contribution in [0.5, 0.6) is 0 Å². The maximum Gasteiger partial charge on any atom is 1.00 e. The molecule has 24 heavy (non-hydrogen) atoms. The van der Waals surface area contributed by atoms with E-state index in [-0.39, 0.29) is 67.8 Å². The van der Waals surface area contributed by atoms with E-state index in [2.05, 4.69) is 60.3 Å². The first-order chi connectivity index (χ1) is 10.1. The zero-order valence-corrected chi connectivity index (χ0v) is 21.6. The summed E-state index contributed by atoms with van der Waals surface area (Å²) in [6.45, 7) is 3.81. The predicted octanol–water partition coefficient (Wildman–Crippen LogP) is -4.67. The van der Waals surface area contributed by atoms with Crippen LogP contribution in [0.1, 0.15) is 39.5 Å². The van der Waals surface area contributed by atoms with E-state index in [1.54, 1.807) is 0 Å². The van der Waals surface area contributed by atoms with Crippen molar-refractivity contribution < 1.29 is 78.9 Å². The van der Waals surface area contributed by atoms with E-state index >= 15 is 0 Å². The monoisotopic (exact) mass is 430 g/mol. The van der Waals surface area contributed by atoms with E-state index in [9.17, 15) is 9.59 Å².